The number of imidazole rings is 1. The first-order valence-corrected chi connectivity index (χ1v) is 12.1. The monoisotopic (exact) mass is 529 g/mol. The molecule has 0 aliphatic rings. The van der Waals surface area contributed by atoms with E-state index in [1.54, 1.807) is 35.2 Å². The fraction of sp³-hybridized carbons (Fsp3) is 0.200. The number of hydrogen-bond donors (Lipinski definition) is 4. The van der Waals surface area contributed by atoms with E-state index < -0.39 is 23.6 Å². The summed E-state index contributed by atoms with van der Waals surface area (Å²) in [7, 11) is 0. The van der Waals surface area contributed by atoms with Gasteiger partial charge in [-0.25, -0.2) is 9.97 Å². The van der Waals surface area contributed by atoms with Crippen molar-refractivity contribution in [1.29, 1.82) is 0 Å². The number of aromatic amines is 1. The molecule has 2 aromatic carbocycles. The summed E-state index contributed by atoms with van der Waals surface area (Å²) < 4.78 is 39.5. The Hall–Kier alpha value is -4.03. The van der Waals surface area contributed by atoms with Crippen molar-refractivity contribution >= 4 is 34.8 Å². The van der Waals surface area contributed by atoms with E-state index in [1.807, 2.05) is 0 Å². The van der Waals surface area contributed by atoms with Crippen LogP contribution in [0.3, 0.4) is 0 Å². The van der Waals surface area contributed by atoms with E-state index in [9.17, 15) is 27.9 Å². The average molecular weight is 530 g/mol. The molecule has 0 saturated carbocycles. The van der Waals surface area contributed by atoms with Gasteiger partial charge in [0.05, 0.1) is 28.9 Å². The zero-order valence-corrected chi connectivity index (χ0v) is 20.1. The number of H-pyrrole nitrogens is 1. The molecule has 2 amide bonds. The molecule has 0 bridgehead atoms. The average Bonchev–Trinajstić information content (AvgIpc) is 3.57. The number of alkyl halides is 3. The second-order valence-corrected chi connectivity index (χ2v) is 8.80. The van der Waals surface area contributed by atoms with E-state index in [2.05, 4.69) is 25.6 Å². The number of hydrogen-bond acceptors (Lipinski definition) is 6. The van der Waals surface area contributed by atoms with Gasteiger partial charge < -0.3 is 15.4 Å². The highest BCUT2D eigenvalue weighted by Crippen LogP contribution is 2.32. The molecule has 4 rings (SSSR count). The van der Waals surface area contributed by atoms with Gasteiger partial charge >= 0.3 is 6.18 Å². The third-order valence-corrected chi connectivity index (χ3v) is 6.11. The molecular formula is C25H22F3N5O3S. The number of carbonyl (C=O) groups is 2. The first-order chi connectivity index (χ1) is 17.7. The molecule has 192 valence electrons. The molecule has 1 atom stereocenters. The van der Waals surface area contributed by atoms with Crippen molar-refractivity contribution in [1.82, 2.24) is 15.0 Å². The summed E-state index contributed by atoms with van der Waals surface area (Å²) in [4.78, 5) is 36.2. The SMILES string of the molecule is O=C(Nc1ccc(-c2cnc(NC(=O)C(CCCO)c3cccc(C(F)(F)F)c3)[nH]2)cc1)c1cscn1. The highest BCUT2D eigenvalue weighted by atomic mass is 32.1. The van der Waals surface area contributed by atoms with Crippen LogP contribution in [-0.4, -0.2) is 38.5 Å². The largest absolute Gasteiger partial charge is 0.416 e. The number of rotatable bonds is 9. The summed E-state index contributed by atoms with van der Waals surface area (Å²) in [6.45, 7) is -0.201. The first kappa shape index (κ1) is 26.0. The van der Waals surface area contributed by atoms with Gasteiger partial charge in [-0.1, -0.05) is 30.3 Å². The van der Waals surface area contributed by atoms with Gasteiger partial charge in [-0.15, -0.1) is 11.3 Å². The van der Waals surface area contributed by atoms with Crippen LogP contribution in [0.25, 0.3) is 11.3 Å². The van der Waals surface area contributed by atoms with Crippen molar-refractivity contribution in [3.8, 4) is 11.3 Å². The highest BCUT2D eigenvalue weighted by molar-refractivity contribution is 7.07. The molecule has 2 aromatic heterocycles. The molecule has 12 heteroatoms. The molecule has 1 unspecified atom stereocenters. The normalized spacial score (nSPS) is 12.2. The molecule has 0 radical (unpaired) electrons. The smallest absolute Gasteiger partial charge is 0.396 e. The quantitative estimate of drug-likeness (QED) is 0.235. The number of anilines is 2. The minimum Gasteiger partial charge on any atom is -0.396 e. The molecule has 0 aliphatic heterocycles. The standard InChI is InChI=1S/C25H22F3N5O3S/c26-25(27,28)17-4-1-3-16(11-17)19(5-2-10-34)22(35)33-24-29-12-20(32-24)15-6-8-18(9-7-15)31-23(36)21-13-37-14-30-21/h1,3-4,6-9,11-14,19,34H,2,5,10H2,(H,31,36)(H2,29,32,33,35). The summed E-state index contributed by atoms with van der Waals surface area (Å²) in [6.07, 6.45) is -2.64. The number of aliphatic hydroxyl groups excluding tert-OH is 1. The lowest BCUT2D eigenvalue weighted by Gasteiger charge is -2.17. The first-order valence-electron chi connectivity index (χ1n) is 11.2. The van der Waals surface area contributed by atoms with Crippen LogP contribution in [0.5, 0.6) is 0 Å². The zero-order valence-electron chi connectivity index (χ0n) is 19.2. The second kappa shape index (κ2) is 11.4. The van der Waals surface area contributed by atoms with Crippen LogP contribution in [-0.2, 0) is 11.0 Å². The summed E-state index contributed by atoms with van der Waals surface area (Å²) in [5, 5.41) is 16.2. The Bertz CT molecular complexity index is 1350. The van der Waals surface area contributed by atoms with Gasteiger partial charge in [0.15, 0.2) is 0 Å². The van der Waals surface area contributed by atoms with Crippen molar-refractivity contribution < 1.29 is 27.9 Å². The predicted molar refractivity (Wildman–Crippen MR) is 133 cm³/mol. The van der Waals surface area contributed by atoms with Crippen LogP contribution in [0.15, 0.2) is 65.6 Å². The van der Waals surface area contributed by atoms with Gasteiger partial charge in [0, 0.05) is 17.7 Å². The van der Waals surface area contributed by atoms with Gasteiger partial charge in [0.1, 0.15) is 5.69 Å². The van der Waals surface area contributed by atoms with Gasteiger partial charge in [-0.05, 0) is 42.2 Å². The summed E-state index contributed by atoms with van der Waals surface area (Å²) in [5.41, 5.74) is 3.13. The Morgan fingerprint density at radius 3 is 2.54 bits per heavy atom. The Morgan fingerprint density at radius 1 is 1.08 bits per heavy atom. The Kier molecular flexibility index (Phi) is 7.99. The van der Waals surface area contributed by atoms with Crippen LogP contribution >= 0.6 is 11.3 Å². The minimum absolute atomic E-state index is 0.127. The number of aromatic nitrogens is 3. The third-order valence-electron chi connectivity index (χ3n) is 5.52. The summed E-state index contributed by atoms with van der Waals surface area (Å²) in [5.74, 6) is -1.66. The number of carbonyl (C=O) groups excluding carboxylic acids is 2. The number of aliphatic hydroxyl groups is 1. The molecule has 0 spiro atoms. The highest BCUT2D eigenvalue weighted by Gasteiger charge is 2.32. The van der Waals surface area contributed by atoms with E-state index in [4.69, 9.17) is 0 Å². The van der Waals surface area contributed by atoms with E-state index in [1.165, 1.54) is 29.7 Å². The fourth-order valence-corrected chi connectivity index (χ4v) is 4.20. The molecule has 0 saturated heterocycles. The number of halogens is 3. The maximum absolute atomic E-state index is 13.2. The molecule has 0 fully saturated rings. The predicted octanol–water partition coefficient (Wildman–Crippen LogP) is 5.30. The maximum Gasteiger partial charge on any atom is 0.416 e. The Labute approximate surface area is 213 Å². The van der Waals surface area contributed by atoms with E-state index >= 15 is 0 Å². The minimum atomic E-state index is -4.54. The van der Waals surface area contributed by atoms with Crippen LogP contribution in [0.4, 0.5) is 24.8 Å². The maximum atomic E-state index is 13.2. The lowest BCUT2D eigenvalue weighted by molar-refractivity contribution is -0.137. The van der Waals surface area contributed by atoms with Crippen LogP contribution in [0, 0.1) is 0 Å². The molecule has 37 heavy (non-hydrogen) atoms. The molecule has 4 aromatic rings. The van der Waals surface area contributed by atoms with Crippen molar-refractivity contribution in [2.45, 2.75) is 24.9 Å². The summed E-state index contributed by atoms with van der Waals surface area (Å²) >= 11 is 1.32. The van der Waals surface area contributed by atoms with Crippen LogP contribution < -0.4 is 10.6 Å². The molecule has 4 N–H and O–H groups in total. The molecular weight excluding hydrogens is 507 g/mol. The van der Waals surface area contributed by atoms with E-state index in [-0.39, 0.29) is 36.9 Å². The summed E-state index contributed by atoms with van der Waals surface area (Å²) in [6, 6.07) is 11.5. The van der Waals surface area contributed by atoms with Crippen LogP contribution in [0.1, 0.15) is 40.4 Å². The fourth-order valence-electron chi connectivity index (χ4n) is 3.66. The van der Waals surface area contributed by atoms with Gasteiger partial charge in [0.2, 0.25) is 11.9 Å². The van der Waals surface area contributed by atoms with Gasteiger partial charge in [0.25, 0.3) is 5.91 Å². The number of nitrogens with zero attached hydrogens (tertiary/aromatic N) is 2. The Balaban J connectivity index is 1.45. The van der Waals surface area contributed by atoms with Crippen molar-refractivity contribution in [2.75, 3.05) is 17.2 Å². The van der Waals surface area contributed by atoms with Crippen molar-refractivity contribution in [2.24, 2.45) is 0 Å². The van der Waals surface area contributed by atoms with Gasteiger partial charge in [-0.3, -0.25) is 14.9 Å². The van der Waals surface area contributed by atoms with Gasteiger partial charge in [-0.2, -0.15) is 13.2 Å². The van der Waals surface area contributed by atoms with E-state index in [0.29, 0.717) is 17.1 Å². The van der Waals surface area contributed by atoms with Crippen molar-refractivity contribution in [3.63, 3.8) is 0 Å². The molecule has 2 heterocycles. The Morgan fingerprint density at radius 2 is 1.86 bits per heavy atom. The van der Waals surface area contributed by atoms with E-state index in [0.717, 1.165) is 17.7 Å². The topological polar surface area (TPSA) is 120 Å². The number of nitrogens with one attached hydrogen (secondary N) is 3. The zero-order chi connectivity index (χ0) is 26.4. The lowest BCUT2D eigenvalue weighted by atomic mass is 9.92. The van der Waals surface area contributed by atoms with Crippen LogP contribution in [0.2, 0.25) is 0 Å². The van der Waals surface area contributed by atoms with Crippen molar-refractivity contribution in [3.05, 3.63) is 82.4 Å². The molecule has 8 nitrogen and oxygen atoms in total. The lowest BCUT2D eigenvalue weighted by Crippen LogP contribution is -2.22. The second-order valence-electron chi connectivity index (χ2n) is 8.08. The number of thiazole rings is 1. The third kappa shape index (κ3) is 6.60. The molecule has 0 aliphatic carbocycles. The number of amides is 2. The number of benzene rings is 2.